The van der Waals surface area contributed by atoms with E-state index in [9.17, 15) is 9.59 Å². The zero-order valence-corrected chi connectivity index (χ0v) is 15.0. The van der Waals surface area contributed by atoms with Gasteiger partial charge < -0.3 is 9.80 Å². The van der Waals surface area contributed by atoms with Crippen molar-refractivity contribution in [3.05, 3.63) is 35.9 Å². The molecule has 0 aliphatic carbocycles. The molecule has 2 aromatic rings. The van der Waals surface area contributed by atoms with E-state index in [-0.39, 0.29) is 29.6 Å². The molecule has 0 N–H and O–H groups in total. The first-order valence-corrected chi connectivity index (χ1v) is 8.93. The first-order valence-electron chi connectivity index (χ1n) is 8.93. The fraction of sp³-hybridized carbons (Fsp3) is 0.500. The van der Waals surface area contributed by atoms with Crippen molar-refractivity contribution in [2.45, 2.75) is 32.7 Å². The lowest BCUT2D eigenvalue weighted by atomic mass is 9.94. The van der Waals surface area contributed by atoms with Crippen LogP contribution in [0.5, 0.6) is 0 Å². The van der Waals surface area contributed by atoms with Crippen LogP contribution >= 0.6 is 0 Å². The minimum Gasteiger partial charge on any atom is -0.334 e. The molecule has 5 heterocycles. The van der Waals surface area contributed by atoms with Gasteiger partial charge in [0.1, 0.15) is 0 Å². The van der Waals surface area contributed by atoms with Gasteiger partial charge in [0.2, 0.25) is 11.7 Å². The van der Waals surface area contributed by atoms with Crippen molar-refractivity contribution in [3.63, 3.8) is 0 Å². The number of fused-ring (bicyclic) bond motifs is 5. The number of carbonyl (C=O) groups is 2. The lowest BCUT2D eigenvalue weighted by molar-refractivity contribution is -0.139. The molecule has 3 aliphatic rings. The Morgan fingerprint density at radius 3 is 2.92 bits per heavy atom. The van der Waals surface area contributed by atoms with E-state index in [0.29, 0.717) is 25.4 Å². The van der Waals surface area contributed by atoms with Gasteiger partial charge in [0, 0.05) is 38.1 Å². The van der Waals surface area contributed by atoms with Crippen molar-refractivity contribution in [2.75, 3.05) is 19.6 Å². The van der Waals surface area contributed by atoms with Crippen molar-refractivity contribution in [1.29, 1.82) is 0 Å². The van der Waals surface area contributed by atoms with Crippen LogP contribution in [0.15, 0.2) is 30.1 Å². The molecular formula is C18H22N6O2. The van der Waals surface area contributed by atoms with Crippen molar-refractivity contribution >= 4 is 17.6 Å². The summed E-state index contributed by atoms with van der Waals surface area (Å²) in [7, 11) is 0. The van der Waals surface area contributed by atoms with Gasteiger partial charge in [-0.2, -0.15) is 4.98 Å². The molecule has 26 heavy (non-hydrogen) atoms. The monoisotopic (exact) mass is 354 g/mol. The van der Waals surface area contributed by atoms with Gasteiger partial charge in [-0.05, 0) is 32.8 Å². The summed E-state index contributed by atoms with van der Waals surface area (Å²) in [5.74, 6) is 0.310. The Balaban J connectivity index is 1.57. The molecular weight excluding hydrogens is 332 g/mol. The van der Waals surface area contributed by atoms with Crippen LogP contribution in [-0.2, 0) is 4.79 Å². The smallest absolute Gasteiger partial charge is 0.293 e. The van der Waals surface area contributed by atoms with Crippen molar-refractivity contribution < 1.29 is 9.59 Å². The van der Waals surface area contributed by atoms with E-state index in [1.807, 2.05) is 18.7 Å². The Morgan fingerprint density at radius 2 is 2.15 bits per heavy atom. The highest BCUT2D eigenvalue weighted by molar-refractivity contribution is 5.92. The Morgan fingerprint density at radius 1 is 1.31 bits per heavy atom. The van der Waals surface area contributed by atoms with Gasteiger partial charge in [-0.25, -0.2) is 9.50 Å². The van der Waals surface area contributed by atoms with E-state index in [2.05, 4.69) is 21.1 Å². The number of nitrogens with zero attached hydrogens (tertiary/aromatic N) is 6. The molecule has 0 saturated carbocycles. The van der Waals surface area contributed by atoms with Crippen LogP contribution in [0, 0.1) is 5.92 Å². The van der Waals surface area contributed by atoms with Crippen LogP contribution in [0.2, 0.25) is 0 Å². The molecule has 3 fully saturated rings. The van der Waals surface area contributed by atoms with Gasteiger partial charge >= 0.3 is 0 Å². The Kier molecular flexibility index (Phi) is 4.18. The first-order chi connectivity index (χ1) is 12.5. The van der Waals surface area contributed by atoms with Crippen LogP contribution in [0.3, 0.4) is 0 Å². The SMILES string of the molecule is CC(C)=CCN1C(=O)[C@H]2CC[C@@H]1CN(C(=O)c1nc3ncccn3n1)C2. The maximum atomic E-state index is 12.9. The van der Waals surface area contributed by atoms with Gasteiger partial charge in [-0.3, -0.25) is 9.59 Å². The molecule has 8 nitrogen and oxygen atoms in total. The topological polar surface area (TPSA) is 83.7 Å². The van der Waals surface area contributed by atoms with E-state index in [1.54, 1.807) is 23.4 Å². The minimum absolute atomic E-state index is 0.0518. The van der Waals surface area contributed by atoms with Gasteiger partial charge in [0.05, 0.1) is 5.92 Å². The number of rotatable bonds is 3. The summed E-state index contributed by atoms with van der Waals surface area (Å²) in [5, 5.41) is 4.23. The normalized spacial score (nSPS) is 22.6. The molecule has 0 unspecified atom stereocenters. The average molecular weight is 354 g/mol. The molecule has 136 valence electrons. The van der Waals surface area contributed by atoms with Crippen LogP contribution in [0.4, 0.5) is 0 Å². The van der Waals surface area contributed by atoms with Crippen molar-refractivity contribution in [2.24, 2.45) is 5.92 Å². The summed E-state index contributed by atoms with van der Waals surface area (Å²) < 4.78 is 1.49. The van der Waals surface area contributed by atoms with E-state index in [0.717, 1.165) is 12.8 Å². The second-order valence-electron chi connectivity index (χ2n) is 7.21. The summed E-state index contributed by atoms with van der Waals surface area (Å²) in [6.07, 6.45) is 7.16. The van der Waals surface area contributed by atoms with E-state index >= 15 is 0 Å². The predicted molar refractivity (Wildman–Crippen MR) is 94.3 cm³/mol. The Bertz CT molecular complexity index is 852. The molecule has 5 rings (SSSR count). The zero-order chi connectivity index (χ0) is 18.3. The number of amides is 2. The quantitative estimate of drug-likeness (QED) is 0.772. The van der Waals surface area contributed by atoms with Gasteiger partial charge in [0.15, 0.2) is 0 Å². The highest BCUT2D eigenvalue weighted by Crippen LogP contribution is 2.29. The van der Waals surface area contributed by atoms with Crippen molar-refractivity contribution in [3.8, 4) is 0 Å². The minimum atomic E-state index is -0.232. The number of piperidine rings is 1. The number of hydrogen-bond acceptors (Lipinski definition) is 5. The van der Waals surface area contributed by atoms with E-state index in [4.69, 9.17) is 0 Å². The molecule has 8 heteroatoms. The maximum absolute atomic E-state index is 12.9. The zero-order valence-electron chi connectivity index (χ0n) is 15.0. The second-order valence-corrected chi connectivity index (χ2v) is 7.21. The van der Waals surface area contributed by atoms with Gasteiger partial charge in [-0.15, -0.1) is 5.10 Å². The summed E-state index contributed by atoms with van der Waals surface area (Å²) in [4.78, 5) is 37.7. The van der Waals surface area contributed by atoms with Crippen LogP contribution < -0.4 is 0 Å². The van der Waals surface area contributed by atoms with E-state index in [1.165, 1.54) is 10.1 Å². The van der Waals surface area contributed by atoms with Gasteiger partial charge in [0.25, 0.3) is 11.7 Å². The number of allylic oxidation sites excluding steroid dienone is 1. The molecule has 2 aromatic heterocycles. The second kappa shape index (κ2) is 6.51. The summed E-state index contributed by atoms with van der Waals surface area (Å²) >= 11 is 0. The molecule has 0 spiro atoms. The average Bonchev–Trinajstić information content (AvgIpc) is 2.87. The molecule has 2 bridgehead atoms. The lowest BCUT2D eigenvalue weighted by Gasteiger charge is -2.35. The molecule has 3 saturated heterocycles. The molecule has 2 atom stereocenters. The third-order valence-electron chi connectivity index (χ3n) is 5.08. The number of hydrogen-bond donors (Lipinski definition) is 0. The van der Waals surface area contributed by atoms with Crippen LogP contribution in [0.1, 0.15) is 37.3 Å². The van der Waals surface area contributed by atoms with Gasteiger partial charge in [-0.1, -0.05) is 11.6 Å². The standard InChI is InChI=1S/C18H22N6O2/c1-12(2)6-9-23-14-5-4-13(16(23)25)10-22(11-14)17(26)15-20-18-19-7-3-8-24(18)21-15/h3,6-8,13-14H,4-5,9-11H2,1-2H3/t13-,14+/m0/s1. The van der Waals surface area contributed by atoms with Crippen LogP contribution in [0.25, 0.3) is 5.78 Å². The number of aromatic nitrogens is 4. The summed E-state index contributed by atoms with van der Waals surface area (Å²) in [5.41, 5.74) is 1.19. The third kappa shape index (κ3) is 2.95. The predicted octanol–water partition coefficient (Wildman–Crippen LogP) is 1.15. The Hall–Kier alpha value is -2.77. The fourth-order valence-electron chi connectivity index (χ4n) is 3.69. The highest BCUT2D eigenvalue weighted by Gasteiger charge is 2.42. The number of carbonyl (C=O) groups excluding carboxylic acids is 2. The Labute approximate surface area is 151 Å². The van der Waals surface area contributed by atoms with Crippen LogP contribution in [-0.4, -0.2) is 66.9 Å². The lowest BCUT2D eigenvalue weighted by Crippen LogP contribution is -2.48. The molecule has 2 amide bonds. The molecule has 0 radical (unpaired) electrons. The third-order valence-corrected chi connectivity index (χ3v) is 5.08. The molecule has 0 aromatic carbocycles. The summed E-state index contributed by atoms with van der Waals surface area (Å²) in [6, 6.07) is 1.79. The largest absolute Gasteiger partial charge is 0.334 e. The van der Waals surface area contributed by atoms with Crippen molar-refractivity contribution in [1.82, 2.24) is 29.4 Å². The highest BCUT2D eigenvalue weighted by atomic mass is 16.2. The first kappa shape index (κ1) is 16.7. The fourth-order valence-corrected chi connectivity index (χ4v) is 3.69. The van der Waals surface area contributed by atoms with E-state index < -0.39 is 0 Å². The maximum Gasteiger partial charge on any atom is 0.293 e. The summed E-state index contributed by atoms with van der Waals surface area (Å²) in [6.45, 7) is 5.63. The molecule has 3 aliphatic heterocycles.